The molecule has 0 atom stereocenters. The third kappa shape index (κ3) is 5.49. The van der Waals surface area contributed by atoms with Gasteiger partial charge in [0.25, 0.3) is 0 Å². The van der Waals surface area contributed by atoms with Crippen LogP contribution in [-0.2, 0) is 6.54 Å². The van der Waals surface area contributed by atoms with Crippen LogP contribution in [-0.4, -0.2) is 23.8 Å². The Morgan fingerprint density at radius 1 is 1.33 bits per heavy atom. The summed E-state index contributed by atoms with van der Waals surface area (Å²) in [7, 11) is 0. The van der Waals surface area contributed by atoms with Crippen LogP contribution in [0.2, 0.25) is 0 Å². The van der Waals surface area contributed by atoms with Crippen LogP contribution in [0, 0.1) is 11.8 Å². The highest BCUT2D eigenvalue weighted by Crippen LogP contribution is 2.17. The summed E-state index contributed by atoms with van der Waals surface area (Å²) in [5.41, 5.74) is 1.92. The molecule has 112 valence electrons. The number of nitrogens with one attached hydrogen (secondary N) is 2. The summed E-state index contributed by atoms with van der Waals surface area (Å²) < 4.78 is 0. The number of aliphatic hydroxyl groups is 1. The Morgan fingerprint density at radius 3 is 2.90 bits per heavy atom. The van der Waals surface area contributed by atoms with Gasteiger partial charge >= 0.3 is 6.03 Å². The van der Waals surface area contributed by atoms with E-state index >= 15 is 0 Å². The SMILES string of the molecule is O=C(NCc1cccc(C#CCCO)c1)NC1CCCC1. The molecule has 4 nitrogen and oxygen atoms in total. The second-order valence-electron chi connectivity index (χ2n) is 5.28. The van der Waals surface area contributed by atoms with Crippen LogP contribution in [0.4, 0.5) is 4.79 Å². The number of hydrogen-bond acceptors (Lipinski definition) is 2. The Morgan fingerprint density at radius 2 is 2.14 bits per heavy atom. The zero-order valence-corrected chi connectivity index (χ0v) is 12.2. The Kier molecular flexibility index (Phi) is 6.11. The Bertz CT molecular complexity index is 525. The van der Waals surface area contributed by atoms with E-state index in [1.807, 2.05) is 24.3 Å². The molecule has 0 bridgehead atoms. The molecule has 0 aromatic heterocycles. The van der Waals surface area contributed by atoms with Gasteiger partial charge < -0.3 is 15.7 Å². The van der Waals surface area contributed by atoms with E-state index < -0.39 is 0 Å². The highest BCUT2D eigenvalue weighted by atomic mass is 16.2. The number of amides is 2. The third-order valence-corrected chi connectivity index (χ3v) is 3.54. The number of aliphatic hydroxyl groups excluding tert-OH is 1. The van der Waals surface area contributed by atoms with Gasteiger partial charge in [0.2, 0.25) is 0 Å². The predicted molar refractivity (Wildman–Crippen MR) is 82.7 cm³/mol. The monoisotopic (exact) mass is 286 g/mol. The summed E-state index contributed by atoms with van der Waals surface area (Å²) >= 11 is 0. The molecule has 1 aliphatic carbocycles. The van der Waals surface area contributed by atoms with Crippen molar-refractivity contribution in [3.05, 3.63) is 35.4 Å². The maximum absolute atomic E-state index is 11.8. The summed E-state index contributed by atoms with van der Waals surface area (Å²) in [6.07, 6.45) is 5.07. The van der Waals surface area contributed by atoms with Gasteiger partial charge in [-0.1, -0.05) is 36.8 Å². The van der Waals surface area contributed by atoms with Crippen LogP contribution in [0.15, 0.2) is 24.3 Å². The Hall–Kier alpha value is -1.99. The fourth-order valence-corrected chi connectivity index (χ4v) is 2.47. The fourth-order valence-electron chi connectivity index (χ4n) is 2.47. The lowest BCUT2D eigenvalue weighted by Gasteiger charge is -2.13. The van der Waals surface area contributed by atoms with Gasteiger partial charge in [-0.25, -0.2) is 4.79 Å². The van der Waals surface area contributed by atoms with Gasteiger partial charge in [0, 0.05) is 24.6 Å². The van der Waals surface area contributed by atoms with Crippen LogP contribution in [0.1, 0.15) is 43.2 Å². The molecule has 0 heterocycles. The van der Waals surface area contributed by atoms with Crippen molar-refractivity contribution < 1.29 is 9.90 Å². The topological polar surface area (TPSA) is 61.4 Å². The molecule has 1 fully saturated rings. The number of benzene rings is 1. The molecule has 3 N–H and O–H groups in total. The second-order valence-corrected chi connectivity index (χ2v) is 5.28. The largest absolute Gasteiger partial charge is 0.395 e. The van der Waals surface area contributed by atoms with E-state index in [0.717, 1.165) is 24.0 Å². The van der Waals surface area contributed by atoms with Gasteiger partial charge in [0.15, 0.2) is 0 Å². The van der Waals surface area contributed by atoms with Crippen molar-refractivity contribution >= 4 is 6.03 Å². The maximum Gasteiger partial charge on any atom is 0.315 e. The molecular weight excluding hydrogens is 264 g/mol. The molecule has 1 aromatic rings. The van der Waals surface area contributed by atoms with Crippen LogP contribution < -0.4 is 10.6 Å². The molecular formula is C17H22N2O2. The fraction of sp³-hybridized carbons (Fsp3) is 0.471. The summed E-state index contributed by atoms with van der Waals surface area (Å²) in [4.78, 5) is 11.8. The van der Waals surface area contributed by atoms with Crippen LogP contribution in [0.25, 0.3) is 0 Å². The normalized spacial score (nSPS) is 14.3. The third-order valence-electron chi connectivity index (χ3n) is 3.54. The van der Waals surface area contributed by atoms with Crippen molar-refractivity contribution in [2.75, 3.05) is 6.61 Å². The first-order valence-electron chi connectivity index (χ1n) is 7.51. The highest BCUT2D eigenvalue weighted by Gasteiger charge is 2.16. The first kappa shape index (κ1) is 15.4. The van der Waals surface area contributed by atoms with Gasteiger partial charge in [-0.2, -0.15) is 0 Å². The lowest BCUT2D eigenvalue weighted by molar-refractivity contribution is 0.236. The Balaban J connectivity index is 1.81. The van der Waals surface area contributed by atoms with Crippen molar-refractivity contribution in [3.8, 4) is 11.8 Å². The number of rotatable bonds is 4. The number of urea groups is 1. The average Bonchev–Trinajstić information content (AvgIpc) is 2.99. The van der Waals surface area contributed by atoms with Crippen molar-refractivity contribution in [2.24, 2.45) is 0 Å². The van der Waals surface area contributed by atoms with Crippen LogP contribution in [0.3, 0.4) is 0 Å². The molecule has 0 aliphatic heterocycles. The lowest BCUT2D eigenvalue weighted by atomic mass is 10.1. The lowest BCUT2D eigenvalue weighted by Crippen LogP contribution is -2.40. The van der Waals surface area contributed by atoms with E-state index in [1.54, 1.807) is 0 Å². The number of hydrogen-bond donors (Lipinski definition) is 3. The molecule has 2 amide bonds. The van der Waals surface area contributed by atoms with E-state index in [1.165, 1.54) is 12.8 Å². The molecule has 0 spiro atoms. The van der Waals surface area contributed by atoms with E-state index in [4.69, 9.17) is 5.11 Å². The molecule has 1 aliphatic rings. The standard InChI is InChI=1S/C17H22N2O2/c20-11-4-3-6-14-7-5-8-15(12-14)13-18-17(21)19-16-9-1-2-10-16/h5,7-8,12,16,20H,1-2,4,9-11,13H2,(H2,18,19,21). The molecule has 0 radical (unpaired) electrons. The van der Waals surface area contributed by atoms with Gasteiger partial charge in [-0.05, 0) is 30.5 Å². The van der Waals surface area contributed by atoms with Crippen molar-refractivity contribution in [2.45, 2.75) is 44.7 Å². The van der Waals surface area contributed by atoms with Crippen LogP contribution >= 0.6 is 0 Å². The minimum absolute atomic E-state index is 0.0790. The first-order chi connectivity index (χ1) is 10.3. The average molecular weight is 286 g/mol. The predicted octanol–water partition coefficient (Wildman–Crippen LogP) is 2.16. The van der Waals surface area contributed by atoms with Gasteiger partial charge in [-0.3, -0.25) is 0 Å². The highest BCUT2D eigenvalue weighted by molar-refractivity contribution is 5.74. The van der Waals surface area contributed by atoms with Gasteiger partial charge in [0.05, 0.1) is 6.61 Å². The smallest absolute Gasteiger partial charge is 0.315 e. The maximum atomic E-state index is 11.8. The van der Waals surface area contributed by atoms with Crippen LogP contribution in [0.5, 0.6) is 0 Å². The zero-order chi connectivity index (χ0) is 14.9. The summed E-state index contributed by atoms with van der Waals surface area (Å²) in [5, 5.41) is 14.6. The summed E-state index contributed by atoms with van der Waals surface area (Å²) in [6.45, 7) is 0.573. The quantitative estimate of drug-likeness (QED) is 0.743. The first-order valence-corrected chi connectivity index (χ1v) is 7.51. The number of carbonyl (C=O) groups excluding carboxylic acids is 1. The molecule has 0 saturated heterocycles. The second kappa shape index (κ2) is 8.33. The minimum Gasteiger partial charge on any atom is -0.395 e. The van der Waals surface area contributed by atoms with Gasteiger partial charge in [-0.15, -0.1) is 0 Å². The van der Waals surface area contributed by atoms with Gasteiger partial charge in [0.1, 0.15) is 0 Å². The van der Waals surface area contributed by atoms with E-state index in [9.17, 15) is 4.79 Å². The molecule has 21 heavy (non-hydrogen) atoms. The summed E-state index contributed by atoms with van der Waals surface area (Å²) in [6, 6.07) is 8.01. The van der Waals surface area contributed by atoms with Crippen molar-refractivity contribution in [1.29, 1.82) is 0 Å². The zero-order valence-electron chi connectivity index (χ0n) is 12.2. The van der Waals surface area contributed by atoms with E-state index in [0.29, 0.717) is 19.0 Å². The van der Waals surface area contributed by atoms with Crippen molar-refractivity contribution in [1.82, 2.24) is 10.6 Å². The molecule has 1 saturated carbocycles. The molecule has 4 heteroatoms. The molecule has 1 aromatic carbocycles. The molecule has 0 unspecified atom stereocenters. The molecule has 2 rings (SSSR count). The number of carbonyl (C=O) groups is 1. The van der Waals surface area contributed by atoms with Crippen molar-refractivity contribution in [3.63, 3.8) is 0 Å². The van der Waals surface area contributed by atoms with E-state index in [-0.39, 0.29) is 12.6 Å². The summed E-state index contributed by atoms with van der Waals surface area (Å²) in [5.74, 6) is 5.89. The minimum atomic E-state index is -0.0985. The Labute approximate surface area is 125 Å². The van der Waals surface area contributed by atoms with E-state index in [2.05, 4.69) is 22.5 Å².